The minimum absolute atomic E-state index is 0.0604. The minimum atomic E-state index is -1.44. The topological polar surface area (TPSA) is 157 Å². The SMILES string of the molecule is CC[C@H](C)[C@H](NC(=O)[C@H](CC(C)C)N(C)C(=O)OCC[Si](C)(C)C)C(=O)N(C)[C@@H](C)C(=O)N1CC[C@H]1C(=O)N(CC)[C@@H](Cc1ccc(C)cc1)C(=O)O. The number of hydrogen-bond acceptors (Lipinski definition) is 7. The molecule has 53 heavy (non-hydrogen) atoms. The van der Waals surface area contributed by atoms with E-state index in [9.17, 15) is 33.9 Å². The van der Waals surface area contributed by atoms with E-state index in [2.05, 4.69) is 25.0 Å². The van der Waals surface area contributed by atoms with Crippen LogP contribution < -0.4 is 5.32 Å². The van der Waals surface area contributed by atoms with Crippen molar-refractivity contribution in [2.45, 2.75) is 130 Å². The van der Waals surface area contributed by atoms with Crippen LogP contribution in [0.25, 0.3) is 0 Å². The number of carbonyl (C=O) groups excluding carboxylic acids is 5. The van der Waals surface area contributed by atoms with Crippen molar-refractivity contribution in [3.8, 4) is 0 Å². The molecule has 1 heterocycles. The Morgan fingerprint density at radius 1 is 0.962 bits per heavy atom. The van der Waals surface area contributed by atoms with E-state index >= 15 is 0 Å². The molecule has 14 heteroatoms. The van der Waals surface area contributed by atoms with E-state index in [1.807, 2.05) is 58.9 Å². The molecular formula is C39H65N5O8Si. The van der Waals surface area contributed by atoms with E-state index in [1.165, 1.54) is 33.7 Å². The predicted molar refractivity (Wildman–Crippen MR) is 208 cm³/mol. The normalized spacial score (nSPS) is 17.1. The molecule has 0 bridgehead atoms. The van der Waals surface area contributed by atoms with Crippen molar-refractivity contribution in [2.24, 2.45) is 11.8 Å². The average Bonchev–Trinajstić information content (AvgIpc) is 3.07. The van der Waals surface area contributed by atoms with Gasteiger partial charge in [-0.3, -0.25) is 24.1 Å². The van der Waals surface area contributed by atoms with Crippen LogP contribution in [0.1, 0.15) is 71.9 Å². The first kappa shape index (κ1) is 45.2. The second kappa shape index (κ2) is 19.9. The molecule has 1 fully saturated rings. The van der Waals surface area contributed by atoms with Gasteiger partial charge < -0.3 is 29.9 Å². The minimum Gasteiger partial charge on any atom is -0.480 e. The fraction of sp³-hybridized carbons (Fsp3) is 0.692. The lowest BCUT2D eigenvalue weighted by Crippen LogP contribution is -2.65. The monoisotopic (exact) mass is 759 g/mol. The molecule has 1 saturated heterocycles. The van der Waals surface area contributed by atoms with Crippen molar-refractivity contribution in [2.75, 3.05) is 33.8 Å². The average molecular weight is 760 g/mol. The highest BCUT2D eigenvalue weighted by atomic mass is 28.3. The van der Waals surface area contributed by atoms with Crippen LogP contribution >= 0.6 is 0 Å². The Morgan fingerprint density at radius 3 is 2.04 bits per heavy atom. The van der Waals surface area contributed by atoms with E-state index in [1.54, 1.807) is 13.8 Å². The lowest BCUT2D eigenvalue weighted by molar-refractivity contribution is -0.162. The number of likely N-dealkylation sites (tertiary alicyclic amines) is 1. The van der Waals surface area contributed by atoms with Crippen LogP contribution in [0.3, 0.4) is 0 Å². The number of ether oxygens (including phenoxy) is 1. The van der Waals surface area contributed by atoms with Gasteiger partial charge in [0.25, 0.3) is 0 Å². The number of carboxylic acids is 1. The van der Waals surface area contributed by atoms with Crippen LogP contribution in [0, 0.1) is 18.8 Å². The van der Waals surface area contributed by atoms with Crippen LogP contribution in [0.4, 0.5) is 4.79 Å². The third-order valence-corrected chi connectivity index (χ3v) is 12.0. The number of nitrogens with one attached hydrogen (secondary N) is 1. The van der Waals surface area contributed by atoms with Crippen molar-refractivity contribution >= 4 is 43.8 Å². The lowest BCUT2D eigenvalue weighted by atomic mass is 9.95. The van der Waals surface area contributed by atoms with E-state index in [0.717, 1.165) is 17.2 Å². The first-order valence-electron chi connectivity index (χ1n) is 19.0. The van der Waals surface area contributed by atoms with Crippen molar-refractivity contribution in [3.63, 3.8) is 0 Å². The van der Waals surface area contributed by atoms with Crippen LogP contribution in [-0.4, -0.2) is 132 Å². The molecule has 1 aliphatic rings. The second-order valence-corrected chi connectivity index (χ2v) is 21.8. The maximum atomic E-state index is 14.1. The molecule has 1 aromatic rings. The third-order valence-electron chi connectivity index (χ3n) is 10.3. The molecule has 6 atom stereocenters. The number of aryl methyl sites for hydroxylation is 1. The molecule has 0 unspecified atom stereocenters. The molecular weight excluding hydrogens is 695 g/mol. The summed E-state index contributed by atoms with van der Waals surface area (Å²) in [5, 5.41) is 13.0. The molecule has 1 aliphatic heterocycles. The van der Waals surface area contributed by atoms with Crippen LogP contribution in [0.5, 0.6) is 0 Å². The van der Waals surface area contributed by atoms with Crippen molar-refractivity contribution < 1.29 is 38.6 Å². The zero-order valence-electron chi connectivity index (χ0n) is 34.1. The van der Waals surface area contributed by atoms with E-state index < -0.39 is 74.0 Å². The molecule has 13 nitrogen and oxygen atoms in total. The highest BCUT2D eigenvalue weighted by Gasteiger charge is 2.45. The summed E-state index contributed by atoms with van der Waals surface area (Å²) in [5.74, 6) is -3.22. The number of carboxylic acid groups (broad SMARTS) is 1. The maximum Gasteiger partial charge on any atom is 0.410 e. The Morgan fingerprint density at radius 2 is 1.57 bits per heavy atom. The second-order valence-electron chi connectivity index (χ2n) is 16.2. The fourth-order valence-corrected chi connectivity index (χ4v) is 6.93. The van der Waals surface area contributed by atoms with Gasteiger partial charge >= 0.3 is 12.1 Å². The Labute approximate surface area is 317 Å². The summed E-state index contributed by atoms with van der Waals surface area (Å²) >= 11 is 0. The summed E-state index contributed by atoms with van der Waals surface area (Å²) in [6.07, 6.45) is 0.805. The Balaban J connectivity index is 2.21. The fourth-order valence-electron chi connectivity index (χ4n) is 6.22. The number of carbonyl (C=O) groups is 6. The Kier molecular flexibility index (Phi) is 17.0. The zero-order valence-corrected chi connectivity index (χ0v) is 35.1. The van der Waals surface area contributed by atoms with Gasteiger partial charge in [0.15, 0.2) is 0 Å². The molecule has 298 valence electrons. The van der Waals surface area contributed by atoms with Gasteiger partial charge in [-0.1, -0.05) is 83.6 Å². The van der Waals surface area contributed by atoms with Gasteiger partial charge in [-0.25, -0.2) is 9.59 Å². The number of rotatable bonds is 19. The van der Waals surface area contributed by atoms with Crippen LogP contribution in [-0.2, 0) is 35.1 Å². The van der Waals surface area contributed by atoms with Crippen molar-refractivity contribution in [3.05, 3.63) is 35.4 Å². The zero-order chi connectivity index (χ0) is 40.4. The molecule has 0 spiro atoms. The Bertz CT molecular complexity index is 1430. The van der Waals surface area contributed by atoms with E-state index in [-0.39, 0.29) is 38.0 Å². The lowest BCUT2D eigenvalue weighted by Gasteiger charge is -2.45. The molecule has 2 rings (SSSR count). The smallest absolute Gasteiger partial charge is 0.410 e. The summed E-state index contributed by atoms with van der Waals surface area (Å²) in [4.78, 5) is 86.2. The summed E-state index contributed by atoms with van der Waals surface area (Å²) in [7, 11) is 1.58. The van der Waals surface area contributed by atoms with Gasteiger partial charge in [0, 0.05) is 41.7 Å². The number of likely N-dealkylation sites (N-methyl/N-ethyl adjacent to an activating group) is 3. The van der Waals surface area contributed by atoms with Crippen LogP contribution in [0.15, 0.2) is 24.3 Å². The van der Waals surface area contributed by atoms with Crippen molar-refractivity contribution in [1.29, 1.82) is 0 Å². The predicted octanol–water partition coefficient (Wildman–Crippen LogP) is 4.64. The maximum absolute atomic E-state index is 14.1. The van der Waals surface area contributed by atoms with Gasteiger partial charge in [0.1, 0.15) is 30.2 Å². The number of amides is 5. The van der Waals surface area contributed by atoms with Gasteiger partial charge in [0.05, 0.1) is 6.61 Å². The molecule has 5 amide bonds. The first-order valence-corrected chi connectivity index (χ1v) is 22.7. The summed E-state index contributed by atoms with van der Waals surface area (Å²) < 4.78 is 5.52. The molecule has 0 aliphatic carbocycles. The number of benzene rings is 1. The third kappa shape index (κ3) is 12.6. The summed E-state index contributed by atoms with van der Waals surface area (Å²) in [6.45, 7) is 20.1. The Hall–Kier alpha value is -3.94. The quantitative estimate of drug-likeness (QED) is 0.193. The first-order chi connectivity index (χ1) is 24.6. The molecule has 0 radical (unpaired) electrons. The molecule has 0 aromatic heterocycles. The van der Waals surface area contributed by atoms with E-state index in [0.29, 0.717) is 19.3 Å². The highest BCUT2D eigenvalue weighted by molar-refractivity contribution is 6.76. The standard InChI is InChI=1S/C39H65N5O8Si/c1-13-27(6)33(40-34(45)31(23-25(3)4)42(9)39(51)52-21-22-53(10,11)12)37(48)41(8)28(7)35(46)44-20-19-30(44)36(47)43(14-2)32(38(49)50)24-29-17-15-26(5)16-18-29/h15-18,25,27-28,30-33H,13-14,19-24H2,1-12H3,(H,40,45)(H,49,50)/t27-,28-,30-,31-,32-,33-/m0/s1. The van der Waals surface area contributed by atoms with Gasteiger partial charge in [-0.15, -0.1) is 0 Å². The highest BCUT2D eigenvalue weighted by Crippen LogP contribution is 2.25. The van der Waals surface area contributed by atoms with Gasteiger partial charge in [0.2, 0.25) is 23.6 Å². The van der Waals surface area contributed by atoms with E-state index in [4.69, 9.17) is 4.74 Å². The molecule has 2 N–H and O–H groups in total. The molecule has 1 aromatic carbocycles. The van der Waals surface area contributed by atoms with Gasteiger partial charge in [-0.05, 0) is 57.1 Å². The summed E-state index contributed by atoms with van der Waals surface area (Å²) in [5.41, 5.74) is 1.82. The molecule has 0 saturated carbocycles. The van der Waals surface area contributed by atoms with Crippen LogP contribution in [0.2, 0.25) is 25.7 Å². The summed E-state index contributed by atoms with van der Waals surface area (Å²) in [6, 6.07) is 3.47. The van der Waals surface area contributed by atoms with Crippen molar-refractivity contribution in [1.82, 2.24) is 24.9 Å². The number of hydrogen-bond donors (Lipinski definition) is 2. The van der Waals surface area contributed by atoms with Gasteiger partial charge in [-0.2, -0.15) is 0 Å². The number of nitrogens with zero attached hydrogens (tertiary/aromatic N) is 4. The number of aliphatic carboxylic acids is 1. The largest absolute Gasteiger partial charge is 0.480 e.